The predicted molar refractivity (Wildman–Crippen MR) is 89.4 cm³/mol. The van der Waals surface area contributed by atoms with Gasteiger partial charge in [-0.1, -0.05) is 0 Å². The van der Waals surface area contributed by atoms with Crippen molar-refractivity contribution in [2.45, 2.75) is 38.6 Å². The minimum absolute atomic E-state index is 0.178. The second kappa shape index (κ2) is 6.63. The van der Waals surface area contributed by atoms with Gasteiger partial charge >= 0.3 is 11.5 Å². The van der Waals surface area contributed by atoms with E-state index < -0.39 is 4.92 Å². The Labute approximate surface area is 140 Å². The highest BCUT2D eigenvalue weighted by Crippen LogP contribution is 2.20. The number of aryl methyl sites for hydroxylation is 2. The summed E-state index contributed by atoms with van der Waals surface area (Å²) in [5.41, 5.74) is 0.814. The van der Waals surface area contributed by atoms with Gasteiger partial charge in [-0.05, 0) is 28.5 Å². The molecule has 0 radical (unpaired) electrons. The number of rotatable bonds is 5. The van der Waals surface area contributed by atoms with Crippen LogP contribution in [0.1, 0.15) is 23.5 Å². The summed E-state index contributed by atoms with van der Waals surface area (Å²) in [6.07, 6.45) is 2.71. The van der Waals surface area contributed by atoms with E-state index in [-0.39, 0.29) is 17.1 Å². The number of aromatic amines is 1. The second-order valence-corrected chi connectivity index (χ2v) is 6.69. The Balaban J connectivity index is 1.77. The van der Waals surface area contributed by atoms with E-state index in [1.807, 2.05) is 0 Å². The first kappa shape index (κ1) is 16.5. The molecule has 0 atom stereocenters. The van der Waals surface area contributed by atoms with Crippen molar-refractivity contribution in [3.63, 3.8) is 0 Å². The molecule has 0 saturated heterocycles. The standard InChI is InChI=1S/C14H17N5O4S/c1-9-15-12(19(22)23)7-17(9)4-2-5-18-11-3-6-24-8-10(11)13(20)16-14(18)21/h7H,2-6,8H2,1H3,(H,16,20,21). The van der Waals surface area contributed by atoms with Crippen LogP contribution in [-0.2, 0) is 25.3 Å². The van der Waals surface area contributed by atoms with Crippen LogP contribution in [0.3, 0.4) is 0 Å². The van der Waals surface area contributed by atoms with E-state index in [1.54, 1.807) is 27.8 Å². The number of nitro groups is 1. The SMILES string of the molecule is Cc1nc([N+](=O)[O-])cn1CCCn1c2c(c(=O)[nH]c1=O)CSCC2. The smallest absolute Gasteiger partial charge is 0.358 e. The van der Waals surface area contributed by atoms with E-state index in [0.717, 1.165) is 11.4 Å². The third-order valence-corrected chi connectivity index (χ3v) is 5.06. The van der Waals surface area contributed by atoms with Gasteiger partial charge in [0.2, 0.25) is 5.82 Å². The van der Waals surface area contributed by atoms with Crippen LogP contribution in [-0.4, -0.2) is 29.8 Å². The van der Waals surface area contributed by atoms with Crippen LogP contribution in [0.2, 0.25) is 0 Å². The number of hydrogen-bond acceptors (Lipinski definition) is 6. The molecule has 9 nitrogen and oxygen atoms in total. The van der Waals surface area contributed by atoms with Crippen LogP contribution < -0.4 is 11.2 Å². The Hall–Kier alpha value is -2.36. The van der Waals surface area contributed by atoms with Crippen LogP contribution in [0, 0.1) is 17.0 Å². The molecule has 2 aromatic heterocycles. The maximum atomic E-state index is 12.1. The molecule has 10 heteroatoms. The van der Waals surface area contributed by atoms with Crippen LogP contribution in [0.5, 0.6) is 0 Å². The molecular formula is C14H17N5O4S. The Morgan fingerprint density at radius 3 is 2.92 bits per heavy atom. The van der Waals surface area contributed by atoms with Crippen molar-refractivity contribution >= 4 is 17.6 Å². The zero-order valence-corrected chi connectivity index (χ0v) is 14.0. The summed E-state index contributed by atoms with van der Waals surface area (Å²) in [6, 6.07) is 0. The first-order valence-electron chi connectivity index (χ1n) is 7.58. The normalized spacial score (nSPS) is 13.7. The van der Waals surface area contributed by atoms with Crippen LogP contribution in [0.25, 0.3) is 0 Å². The highest BCUT2D eigenvalue weighted by Gasteiger charge is 2.19. The fraction of sp³-hybridized carbons (Fsp3) is 0.500. The van der Waals surface area contributed by atoms with Gasteiger partial charge in [0.1, 0.15) is 6.20 Å². The number of nitrogens with one attached hydrogen (secondary N) is 1. The average Bonchev–Trinajstić information content (AvgIpc) is 2.92. The van der Waals surface area contributed by atoms with E-state index in [0.29, 0.717) is 43.1 Å². The fourth-order valence-electron chi connectivity index (χ4n) is 2.88. The molecule has 1 aliphatic rings. The molecule has 0 unspecified atom stereocenters. The number of thioether (sulfide) groups is 1. The average molecular weight is 351 g/mol. The molecule has 3 rings (SSSR count). The molecule has 24 heavy (non-hydrogen) atoms. The number of hydrogen-bond donors (Lipinski definition) is 1. The molecular weight excluding hydrogens is 334 g/mol. The topological polar surface area (TPSA) is 116 Å². The summed E-state index contributed by atoms with van der Waals surface area (Å²) in [6.45, 7) is 2.67. The number of imidazole rings is 1. The zero-order chi connectivity index (χ0) is 17.3. The number of nitrogens with zero attached hydrogens (tertiary/aromatic N) is 4. The molecule has 1 N–H and O–H groups in total. The van der Waals surface area contributed by atoms with Gasteiger partial charge in [-0.15, -0.1) is 0 Å². The van der Waals surface area contributed by atoms with E-state index in [2.05, 4.69) is 9.97 Å². The van der Waals surface area contributed by atoms with Gasteiger partial charge in [-0.3, -0.25) is 14.3 Å². The third-order valence-electron chi connectivity index (χ3n) is 4.07. The van der Waals surface area contributed by atoms with Crippen LogP contribution in [0.15, 0.2) is 15.8 Å². The molecule has 2 aromatic rings. The summed E-state index contributed by atoms with van der Waals surface area (Å²) < 4.78 is 3.33. The van der Waals surface area contributed by atoms with E-state index in [4.69, 9.17) is 0 Å². The minimum atomic E-state index is -0.524. The van der Waals surface area contributed by atoms with E-state index in [9.17, 15) is 19.7 Å². The summed E-state index contributed by atoms with van der Waals surface area (Å²) in [5, 5.41) is 10.7. The lowest BCUT2D eigenvalue weighted by molar-refractivity contribution is -0.389. The largest absolute Gasteiger partial charge is 0.381 e. The summed E-state index contributed by atoms with van der Waals surface area (Å²) >= 11 is 1.68. The van der Waals surface area contributed by atoms with Gasteiger partial charge in [-0.25, -0.2) is 4.79 Å². The Kier molecular flexibility index (Phi) is 4.56. The molecule has 0 bridgehead atoms. The number of H-pyrrole nitrogens is 1. The summed E-state index contributed by atoms with van der Waals surface area (Å²) in [7, 11) is 0. The Morgan fingerprint density at radius 2 is 2.21 bits per heavy atom. The molecule has 3 heterocycles. The molecule has 0 aromatic carbocycles. The maximum absolute atomic E-state index is 12.1. The lowest BCUT2D eigenvalue weighted by Crippen LogP contribution is -2.37. The predicted octanol–water partition coefficient (Wildman–Crippen LogP) is 0.829. The van der Waals surface area contributed by atoms with Gasteiger partial charge < -0.3 is 14.7 Å². The molecule has 0 aliphatic carbocycles. The molecule has 0 amide bonds. The highest BCUT2D eigenvalue weighted by molar-refractivity contribution is 7.98. The lowest BCUT2D eigenvalue weighted by atomic mass is 10.2. The molecule has 1 aliphatic heterocycles. The van der Waals surface area contributed by atoms with Crippen molar-refractivity contribution in [2.24, 2.45) is 0 Å². The molecule has 0 saturated carbocycles. The summed E-state index contributed by atoms with van der Waals surface area (Å²) in [5.74, 6) is 1.90. The van der Waals surface area contributed by atoms with Crippen molar-refractivity contribution in [2.75, 3.05) is 5.75 Å². The van der Waals surface area contributed by atoms with Crippen LogP contribution in [0.4, 0.5) is 5.82 Å². The Morgan fingerprint density at radius 1 is 1.42 bits per heavy atom. The minimum Gasteiger partial charge on any atom is -0.358 e. The third kappa shape index (κ3) is 3.14. The van der Waals surface area contributed by atoms with Gasteiger partial charge in [0, 0.05) is 37.0 Å². The summed E-state index contributed by atoms with van der Waals surface area (Å²) in [4.78, 5) is 40.5. The second-order valence-electron chi connectivity index (χ2n) is 5.59. The van der Waals surface area contributed by atoms with Crippen molar-refractivity contribution in [1.29, 1.82) is 0 Å². The first-order chi connectivity index (χ1) is 11.5. The van der Waals surface area contributed by atoms with Crippen LogP contribution >= 0.6 is 11.8 Å². The van der Waals surface area contributed by atoms with Crippen molar-refractivity contribution in [3.05, 3.63) is 54.2 Å². The molecule has 0 spiro atoms. The van der Waals surface area contributed by atoms with E-state index in [1.165, 1.54) is 6.20 Å². The van der Waals surface area contributed by atoms with Crippen molar-refractivity contribution < 1.29 is 4.92 Å². The van der Waals surface area contributed by atoms with E-state index >= 15 is 0 Å². The first-order valence-corrected chi connectivity index (χ1v) is 8.73. The quantitative estimate of drug-likeness (QED) is 0.630. The van der Waals surface area contributed by atoms with Gasteiger partial charge in [0.25, 0.3) is 5.56 Å². The fourth-order valence-corrected chi connectivity index (χ4v) is 3.86. The monoisotopic (exact) mass is 351 g/mol. The van der Waals surface area contributed by atoms with Gasteiger partial charge in [0.15, 0.2) is 0 Å². The van der Waals surface area contributed by atoms with Crippen molar-refractivity contribution in [3.8, 4) is 0 Å². The van der Waals surface area contributed by atoms with Gasteiger partial charge in [0.05, 0.1) is 0 Å². The molecule has 128 valence electrons. The van der Waals surface area contributed by atoms with Crippen molar-refractivity contribution in [1.82, 2.24) is 19.1 Å². The number of fused-ring (bicyclic) bond motifs is 1. The van der Waals surface area contributed by atoms with Gasteiger partial charge in [-0.2, -0.15) is 11.8 Å². The maximum Gasteiger partial charge on any atom is 0.381 e. The molecule has 0 fully saturated rings. The zero-order valence-electron chi connectivity index (χ0n) is 13.2. The lowest BCUT2D eigenvalue weighted by Gasteiger charge is -2.19. The number of aromatic nitrogens is 4. The Bertz CT molecular complexity index is 898. The highest BCUT2D eigenvalue weighted by atomic mass is 32.2.